The normalized spacial score (nSPS) is 12.7. The lowest BCUT2D eigenvalue weighted by molar-refractivity contribution is -0.182. The molecule has 0 bridgehead atoms. The molecule has 0 unspecified atom stereocenters. The fourth-order valence-corrected chi connectivity index (χ4v) is 0.924. The average Bonchev–Trinajstić information content (AvgIpc) is 2.10. The molecule has 0 rings (SSSR count). The fraction of sp³-hybridized carbons (Fsp3) is 0.700. The van der Waals surface area contributed by atoms with Gasteiger partial charge in [-0.25, -0.2) is 4.79 Å². The van der Waals surface area contributed by atoms with Crippen LogP contribution in [0.4, 0.5) is 13.2 Å². The van der Waals surface area contributed by atoms with E-state index >= 15 is 0 Å². The van der Waals surface area contributed by atoms with Crippen LogP contribution in [0.5, 0.6) is 0 Å². The topological polar surface area (TPSA) is 26.3 Å². The lowest BCUT2D eigenvalue weighted by atomic mass is 10.1. The molecule has 0 aliphatic rings. The highest BCUT2D eigenvalue weighted by Crippen LogP contribution is 2.15. The molecule has 2 nitrogen and oxygen atoms in total. The summed E-state index contributed by atoms with van der Waals surface area (Å²) in [6.07, 6.45) is -0.752. The fourth-order valence-electron chi connectivity index (χ4n) is 0.924. The molecule has 0 saturated carbocycles. The predicted octanol–water partition coefficient (Wildman–Crippen LogP) is 3.23. The second kappa shape index (κ2) is 6.48. The highest BCUT2D eigenvalue weighted by atomic mass is 19.4. The minimum absolute atomic E-state index is 0.706. The van der Waals surface area contributed by atoms with Gasteiger partial charge >= 0.3 is 12.1 Å². The maximum atomic E-state index is 11.7. The summed E-state index contributed by atoms with van der Waals surface area (Å²) < 4.78 is 39.0. The number of ether oxygens (including phenoxy) is 1. The molecule has 0 aromatic rings. The number of rotatable bonds is 5. The molecule has 88 valence electrons. The molecule has 0 amide bonds. The maximum absolute atomic E-state index is 11.7. The molecule has 0 spiro atoms. The van der Waals surface area contributed by atoms with Crippen molar-refractivity contribution in [3.8, 4) is 0 Å². The Kier molecular flexibility index (Phi) is 6.05. The first-order valence-corrected chi connectivity index (χ1v) is 4.76. The summed E-state index contributed by atoms with van der Waals surface area (Å²) in [5, 5.41) is 0. The molecule has 15 heavy (non-hydrogen) atoms. The molecule has 0 aliphatic carbocycles. The molecular formula is C10H15F3O2. The molecule has 0 aliphatic heterocycles. The van der Waals surface area contributed by atoms with Gasteiger partial charge in [0.1, 0.15) is 0 Å². The summed E-state index contributed by atoms with van der Waals surface area (Å²) >= 11 is 0. The smallest absolute Gasteiger partial charge is 0.422 e. The van der Waals surface area contributed by atoms with Crippen LogP contribution in [-0.2, 0) is 9.53 Å². The zero-order chi connectivity index (χ0) is 11.9. The van der Waals surface area contributed by atoms with Gasteiger partial charge in [0.25, 0.3) is 0 Å². The molecule has 0 radical (unpaired) electrons. The number of hydrogen-bond donors (Lipinski definition) is 0. The molecule has 0 atom stereocenters. The van der Waals surface area contributed by atoms with Crippen molar-refractivity contribution in [2.45, 2.75) is 39.3 Å². The van der Waals surface area contributed by atoms with E-state index in [4.69, 9.17) is 0 Å². The van der Waals surface area contributed by atoms with Crippen LogP contribution < -0.4 is 0 Å². The Morgan fingerprint density at radius 2 is 2.00 bits per heavy atom. The molecule has 5 heteroatoms. The van der Waals surface area contributed by atoms with Gasteiger partial charge in [0.05, 0.1) is 0 Å². The summed E-state index contributed by atoms with van der Waals surface area (Å²) in [6.45, 7) is 2.17. The van der Waals surface area contributed by atoms with Gasteiger partial charge in [-0.1, -0.05) is 18.9 Å². The number of allylic oxidation sites excluding steroid dienone is 1. The van der Waals surface area contributed by atoms with Gasteiger partial charge in [0.2, 0.25) is 0 Å². The Bertz CT molecular complexity index is 231. The van der Waals surface area contributed by atoms with Crippen molar-refractivity contribution in [3.05, 3.63) is 11.6 Å². The summed E-state index contributed by atoms with van der Waals surface area (Å²) in [5.41, 5.74) is 0.740. The van der Waals surface area contributed by atoms with E-state index in [0.29, 0.717) is 6.42 Å². The summed E-state index contributed by atoms with van der Waals surface area (Å²) in [7, 11) is 0. The number of hydrogen-bond acceptors (Lipinski definition) is 2. The lowest BCUT2D eigenvalue weighted by Gasteiger charge is -2.06. The second-order valence-corrected chi connectivity index (χ2v) is 3.32. The van der Waals surface area contributed by atoms with Crippen molar-refractivity contribution in [2.75, 3.05) is 6.61 Å². The Labute approximate surface area is 87.1 Å². The Morgan fingerprint density at radius 3 is 2.47 bits per heavy atom. The standard InChI is InChI=1S/C10H15F3O2/c1-3-4-5-8(2)6-9(14)15-7-10(11,12)13/h6H,3-5,7H2,1-2H3. The second-order valence-electron chi connectivity index (χ2n) is 3.32. The highest BCUT2D eigenvalue weighted by Gasteiger charge is 2.29. The van der Waals surface area contributed by atoms with E-state index < -0.39 is 18.8 Å². The highest BCUT2D eigenvalue weighted by molar-refractivity contribution is 5.82. The van der Waals surface area contributed by atoms with Crippen LogP contribution in [0, 0.1) is 0 Å². The van der Waals surface area contributed by atoms with E-state index in [9.17, 15) is 18.0 Å². The number of unbranched alkanes of at least 4 members (excludes halogenated alkanes) is 1. The minimum atomic E-state index is -4.46. The van der Waals surface area contributed by atoms with E-state index in [0.717, 1.165) is 24.5 Å². The van der Waals surface area contributed by atoms with E-state index in [2.05, 4.69) is 4.74 Å². The van der Waals surface area contributed by atoms with Gasteiger partial charge < -0.3 is 4.74 Å². The van der Waals surface area contributed by atoms with Gasteiger partial charge in [-0.15, -0.1) is 0 Å². The van der Waals surface area contributed by atoms with E-state index in [1.54, 1.807) is 6.92 Å². The quantitative estimate of drug-likeness (QED) is 0.529. The first-order chi connectivity index (χ1) is 6.85. The Morgan fingerprint density at radius 1 is 1.40 bits per heavy atom. The summed E-state index contributed by atoms with van der Waals surface area (Å²) in [5.74, 6) is -0.930. The maximum Gasteiger partial charge on any atom is 0.422 e. The van der Waals surface area contributed by atoms with Crippen molar-refractivity contribution in [1.82, 2.24) is 0 Å². The van der Waals surface area contributed by atoms with Crippen LogP contribution in [0.15, 0.2) is 11.6 Å². The number of esters is 1. The lowest BCUT2D eigenvalue weighted by Crippen LogP contribution is -2.19. The van der Waals surface area contributed by atoms with Crippen molar-refractivity contribution in [1.29, 1.82) is 0 Å². The Balaban J connectivity index is 3.91. The first kappa shape index (κ1) is 14.0. The third-order valence-corrected chi connectivity index (χ3v) is 1.67. The van der Waals surface area contributed by atoms with Crippen molar-refractivity contribution >= 4 is 5.97 Å². The Hall–Kier alpha value is -1.00. The molecule has 0 heterocycles. The molecule has 0 aromatic heterocycles. The predicted molar refractivity (Wildman–Crippen MR) is 50.3 cm³/mol. The summed E-state index contributed by atoms with van der Waals surface area (Å²) in [4.78, 5) is 10.9. The minimum Gasteiger partial charge on any atom is -0.453 e. The van der Waals surface area contributed by atoms with Crippen LogP contribution in [0.2, 0.25) is 0 Å². The summed E-state index contributed by atoms with van der Waals surface area (Å²) in [6, 6.07) is 0. The van der Waals surface area contributed by atoms with Gasteiger partial charge in [-0.3, -0.25) is 0 Å². The van der Waals surface area contributed by atoms with Crippen LogP contribution in [0.25, 0.3) is 0 Å². The largest absolute Gasteiger partial charge is 0.453 e. The number of halogens is 3. The molecule has 0 saturated heterocycles. The van der Waals surface area contributed by atoms with Crippen molar-refractivity contribution in [2.24, 2.45) is 0 Å². The third-order valence-electron chi connectivity index (χ3n) is 1.67. The monoisotopic (exact) mass is 224 g/mol. The van der Waals surface area contributed by atoms with Gasteiger partial charge in [0, 0.05) is 6.08 Å². The number of carbonyl (C=O) groups excluding carboxylic acids is 1. The van der Waals surface area contributed by atoms with E-state index in [1.807, 2.05) is 6.92 Å². The van der Waals surface area contributed by atoms with Gasteiger partial charge in [0.15, 0.2) is 6.61 Å². The first-order valence-electron chi connectivity index (χ1n) is 4.76. The number of alkyl halides is 3. The van der Waals surface area contributed by atoms with Crippen LogP contribution in [0.3, 0.4) is 0 Å². The van der Waals surface area contributed by atoms with Crippen molar-refractivity contribution in [3.63, 3.8) is 0 Å². The third kappa shape index (κ3) is 9.31. The molecule has 0 aromatic carbocycles. The van der Waals surface area contributed by atoms with Crippen LogP contribution >= 0.6 is 0 Å². The van der Waals surface area contributed by atoms with Crippen LogP contribution in [-0.4, -0.2) is 18.8 Å². The van der Waals surface area contributed by atoms with E-state index in [1.165, 1.54) is 0 Å². The molecule has 0 fully saturated rings. The molecular weight excluding hydrogens is 209 g/mol. The zero-order valence-electron chi connectivity index (χ0n) is 8.86. The van der Waals surface area contributed by atoms with E-state index in [-0.39, 0.29) is 0 Å². The van der Waals surface area contributed by atoms with Crippen LogP contribution in [0.1, 0.15) is 33.1 Å². The number of carbonyl (C=O) groups is 1. The van der Waals surface area contributed by atoms with Crippen molar-refractivity contribution < 1.29 is 22.7 Å². The van der Waals surface area contributed by atoms with Gasteiger partial charge in [-0.2, -0.15) is 13.2 Å². The average molecular weight is 224 g/mol. The van der Waals surface area contributed by atoms with Gasteiger partial charge in [-0.05, 0) is 19.8 Å². The molecule has 0 N–H and O–H groups in total. The zero-order valence-corrected chi connectivity index (χ0v) is 8.86. The SMILES string of the molecule is CCCCC(C)=CC(=O)OCC(F)(F)F.